The summed E-state index contributed by atoms with van der Waals surface area (Å²) in [4.78, 5) is 2.73. The molecule has 2 saturated heterocycles. The minimum atomic E-state index is 0.705. The Morgan fingerprint density at radius 1 is 0.950 bits per heavy atom. The van der Waals surface area contributed by atoms with Gasteiger partial charge in [0.15, 0.2) is 0 Å². The Hall–Kier alpha value is -0.860. The average molecular weight is 270 g/mol. The van der Waals surface area contributed by atoms with E-state index in [0.29, 0.717) is 6.04 Å². The van der Waals surface area contributed by atoms with E-state index in [9.17, 15) is 0 Å². The maximum atomic E-state index is 4.02. The van der Waals surface area contributed by atoms with Gasteiger partial charge in [0, 0.05) is 24.7 Å². The molecule has 3 unspecified atom stereocenters. The van der Waals surface area contributed by atoms with Crippen LogP contribution in [0.25, 0.3) is 0 Å². The highest BCUT2D eigenvalue weighted by atomic mass is 15.2. The van der Waals surface area contributed by atoms with E-state index in [1.165, 1.54) is 58.0 Å². The normalized spacial score (nSPS) is 33.7. The van der Waals surface area contributed by atoms with Crippen molar-refractivity contribution in [1.29, 1.82) is 0 Å². The predicted octanol–water partition coefficient (Wildman–Crippen LogP) is 2.76. The van der Waals surface area contributed by atoms with Gasteiger partial charge in [-0.3, -0.25) is 4.90 Å². The van der Waals surface area contributed by atoms with Gasteiger partial charge in [0.2, 0.25) is 0 Å². The van der Waals surface area contributed by atoms with E-state index >= 15 is 0 Å². The number of hydrogen-bond donors (Lipinski definition) is 1. The van der Waals surface area contributed by atoms with Crippen molar-refractivity contribution in [3.63, 3.8) is 0 Å². The Labute approximate surface area is 122 Å². The van der Waals surface area contributed by atoms with E-state index in [0.717, 1.165) is 12.1 Å². The third-order valence-corrected chi connectivity index (χ3v) is 5.65. The van der Waals surface area contributed by atoms with Crippen molar-refractivity contribution in [2.24, 2.45) is 0 Å². The number of aryl methyl sites for hydroxylation is 1. The third-order valence-electron chi connectivity index (χ3n) is 5.65. The lowest BCUT2D eigenvalue weighted by molar-refractivity contribution is 0.175. The molecule has 4 rings (SSSR count). The fourth-order valence-electron chi connectivity index (χ4n) is 4.58. The fraction of sp³-hybridized carbons (Fsp3) is 0.667. The monoisotopic (exact) mass is 270 g/mol. The summed E-state index contributed by atoms with van der Waals surface area (Å²) in [7, 11) is 0. The minimum absolute atomic E-state index is 0.705. The first-order valence-electron chi connectivity index (χ1n) is 8.47. The zero-order valence-corrected chi connectivity index (χ0v) is 12.4. The molecule has 0 aromatic heterocycles. The first-order valence-corrected chi connectivity index (χ1v) is 8.47. The molecule has 0 amide bonds. The van der Waals surface area contributed by atoms with Gasteiger partial charge in [-0.25, -0.2) is 0 Å². The van der Waals surface area contributed by atoms with Gasteiger partial charge in [0.25, 0.3) is 0 Å². The van der Waals surface area contributed by atoms with Gasteiger partial charge in [-0.15, -0.1) is 0 Å². The van der Waals surface area contributed by atoms with Gasteiger partial charge < -0.3 is 5.32 Å². The van der Waals surface area contributed by atoms with Crippen molar-refractivity contribution in [2.45, 2.75) is 63.1 Å². The lowest BCUT2D eigenvalue weighted by Gasteiger charge is -2.35. The third kappa shape index (κ3) is 2.40. The van der Waals surface area contributed by atoms with Crippen LogP contribution in [0, 0.1) is 0 Å². The van der Waals surface area contributed by atoms with Crippen molar-refractivity contribution in [2.75, 3.05) is 13.1 Å². The lowest BCUT2D eigenvalue weighted by Crippen LogP contribution is -2.49. The molecular formula is C18H26N2. The average Bonchev–Trinajstić information content (AvgIpc) is 2.91. The summed E-state index contributed by atoms with van der Waals surface area (Å²) in [6.45, 7) is 2.67. The Bertz CT molecular complexity index is 470. The molecule has 3 aliphatic rings. The van der Waals surface area contributed by atoms with Crippen molar-refractivity contribution in [1.82, 2.24) is 10.2 Å². The van der Waals surface area contributed by atoms with Crippen LogP contribution in [0.3, 0.4) is 0 Å². The second-order valence-electron chi connectivity index (χ2n) is 6.87. The number of hydrogen-bond acceptors (Lipinski definition) is 2. The number of benzene rings is 1. The number of nitrogens with one attached hydrogen (secondary N) is 1. The second-order valence-corrected chi connectivity index (χ2v) is 6.87. The van der Waals surface area contributed by atoms with Gasteiger partial charge in [-0.05, 0) is 56.2 Å². The lowest BCUT2D eigenvalue weighted by atomic mass is 9.87. The van der Waals surface area contributed by atoms with Crippen molar-refractivity contribution in [3.05, 3.63) is 35.4 Å². The largest absolute Gasteiger partial charge is 0.309 e. The molecule has 1 N–H and O–H groups in total. The molecule has 2 aliphatic heterocycles. The first-order chi connectivity index (χ1) is 9.90. The highest BCUT2D eigenvalue weighted by molar-refractivity contribution is 5.30. The quantitative estimate of drug-likeness (QED) is 0.889. The fourth-order valence-corrected chi connectivity index (χ4v) is 4.58. The number of piperidine rings is 1. The van der Waals surface area contributed by atoms with Crippen LogP contribution in [-0.2, 0) is 12.8 Å². The molecule has 0 saturated carbocycles. The van der Waals surface area contributed by atoms with Crippen LogP contribution < -0.4 is 5.32 Å². The molecule has 1 aliphatic carbocycles. The zero-order chi connectivity index (χ0) is 13.4. The summed E-state index contributed by atoms with van der Waals surface area (Å²) >= 11 is 0. The van der Waals surface area contributed by atoms with Gasteiger partial charge >= 0.3 is 0 Å². The molecule has 0 bridgehead atoms. The topological polar surface area (TPSA) is 15.3 Å². The molecule has 2 heterocycles. The number of rotatable bonds is 2. The van der Waals surface area contributed by atoms with Crippen molar-refractivity contribution < 1.29 is 0 Å². The summed E-state index contributed by atoms with van der Waals surface area (Å²) < 4.78 is 0. The van der Waals surface area contributed by atoms with Crippen LogP contribution in [0.15, 0.2) is 24.3 Å². The molecular weight excluding hydrogens is 244 g/mol. The van der Waals surface area contributed by atoms with Crippen molar-refractivity contribution >= 4 is 0 Å². The summed E-state index contributed by atoms with van der Waals surface area (Å²) in [5, 5.41) is 4.02. The van der Waals surface area contributed by atoms with Crippen LogP contribution in [0.1, 0.15) is 43.2 Å². The Kier molecular flexibility index (Phi) is 3.53. The van der Waals surface area contributed by atoms with Crippen LogP contribution in [0.2, 0.25) is 0 Å². The summed E-state index contributed by atoms with van der Waals surface area (Å²) in [6.07, 6.45) is 9.45. The predicted molar refractivity (Wildman–Crippen MR) is 83.0 cm³/mol. The van der Waals surface area contributed by atoms with Crippen LogP contribution in [-0.4, -0.2) is 36.1 Å². The van der Waals surface area contributed by atoms with Gasteiger partial charge in [0.1, 0.15) is 0 Å². The van der Waals surface area contributed by atoms with Crippen LogP contribution in [0.4, 0.5) is 0 Å². The Balaban J connectivity index is 1.41. The molecule has 2 heteroatoms. The summed E-state index contributed by atoms with van der Waals surface area (Å²) in [5.41, 5.74) is 3.16. The van der Waals surface area contributed by atoms with Crippen LogP contribution >= 0.6 is 0 Å². The second kappa shape index (κ2) is 5.50. The van der Waals surface area contributed by atoms with E-state index < -0.39 is 0 Å². The highest BCUT2D eigenvalue weighted by Crippen LogP contribution is 2.29. The Morgan fingerprint density at radius 2 is 1.85 bits per heavy atom. The maximum Gasteiger partial charge on any atom is 0.0249 e. The SMILES string of the molecule is c1ccc2c(c1)CCC(NC1CCN3CCCCC13)C2. The molecule has 1 aromatic rings. The number of nitrogens with zero attached hydrogens (tertiary/aromatic N) is 1. The first kappa shape index (κ1) is 12.8. The van der Waals surface area contributed by atoms with E-state index in [4.69, 9.17) is 0 Å². The molecule has 0 spiro atoms. The molecule has 1 aromatic carbocycles. The van der Waals surface area contributed by atoms with Gasteiger partial charge in [-0.2, -0.15) is 0 Å². The van der Waals surface area contributed by atoms with Crippen molar-refractivity contribution in [3.8, 4) is 0 Å². The standard InChI is InChI=1S/C18H26N2/c1-2-6-15-13-16(9-8-14(15)5-1)19-17-10-12-20-11-4-3-7-18(17)20/h1-2,5-6,16-19H,3-4,7-13H2. The maximum absolute atomic E-state index is 4.02. The smallest absolute Gasteiger partial charge is 0.0249 e. The summed E-state index contributed by atoms with van der Waals surface area (Å²) in [6, 6.07) is 11.3. The van der Waals surface area contributed by atoms with Gasteiger partial charge in [0.05, 0.1) is 0 Å². The summed E-state index contributed by atoms with van der Waals surface area (Å²) in [5.74, 6) is 0. The van der Waals surface area contributed by atoms with Crippen LogP contribution in [0.5, 0.6) is 0 Å². The minimum Gasteiger partial charge on any atom is -0.309 e. The van der Waals surface area contributed by atoms with E-state index in [2.05, 4.69) is 34.5 Å². The molecule has 2 fully saturated rings. The van der Waals surface area contributed by atoms with E-state index in [1.807, 2.05) is 0 Å². The van der Waals surface area contributed by atoms with E-state index in [-0.39, 0.29) is 0 Å². The number of fused-ring (bicyclic) bond motifs is 2. The van der Waals surface area contributed by atoms with E-state index in [1.54, 1.807) is 11.1 Å². The molecule has 20 heavy (non-hydrogen) atoms. The molecule has 3 atom stereocenters. The molecule has 108 valence electrons. The molecule has 2 nitrogen and oxygen atoms in total. The zero-order valence-electron chi connectivity index (χ0n) is 12.4. The highest BCUT2D eigenvalue weighted by Gasteiger charge is 2.36. The molecule has 0 radical (unpaired) electrons. The van der Waals surface area contributed by atoms with Gasteiger partial charge in [-0.1, -0.05) is 30.7 Å². The Morgan fingerprint density at radius 3 is 2.80 bits per heavy atom.